The Labute approximate surface area is 243 Å². The molecule has 0 saturated carbocycles. The van der Waals surface area contributed by atoms with Crippen molar-refractivity contribution in [1.82, 2.24) is 10.2 Å². The molecule has 3 aromatic carbocycles. The Hall–Kier alpha value is -3.36. The predicted octanol–water partition coefficient (Wildman–Crippen LogP) is 5.87. The molecule has 0 saturated heterocycles. The highest BCUT2D eigenvalue weighted by molar-refractivity contribution is 7.92. The molecular formula is C31H38ClN3O4S. The molecule has 7 nitrogen and oxygen atoms in total. The summed E-state index contributed by atoms with van der Waals surface area (Å²) in [6.07, 6.45) is 1.10. The van der Waals surface area contributed by atoms with E-state index in [1.165, 1.54) is 17.0 Å². The molecule has 0 unspecified atom stereocenters. The third kappa shape index (κ3) is 7.64. The predicted molar refractivity (Wildman–Crippen MR) is 161 cm³/mol. The van der Waals surface area contributed by atoms with Gasteiger partial charge in [-0.2, -0.15) is 0 Å². The van der Waals surface area contributed by atoms with E-state index >= 15 is 0 Å². The van der Waals surface area contributed by atoms with Crippen LogP contribution in [0.5, 0.6) is 0 Å². The summed E-state index contributed by atoms with van der Waals surface area (Å²) in [4.78, 5) is 29.0. The van der Waals surface area contributed by atoms with Crippen molar-refractivity contribution in [3.05, 3.63) is 94.5 Å². The summed E-state index contributed by atoms with van der Waals surface area (Å²) >= 11 is 6.47. The SMILES string of the molecule is CC[C@H](C)NC(=O)[C@H](CC)N(Cc1cccc(C)c1)C(=O)CN(c1ccccc1Cl)S(=O)(=O)c1ccc(C)cc1. The Bertz CT molecular complexity index is 1430. The molecule has 0 heterocycles. The van der Waals surface area contributed by atoms with Crippen LogP contribution in [0, 0.1) is 13.8 Å². The quantitative estimate of drug-likeness (QED) is 0.289. The van der Waals surface area contributed by atoms with E-state index in [1.54, 1.807) is 36.4 Å². The smallest absolute Gasteiger partial charge is 0.264 e. The number of nitrogens with one attached hydrogen (secondary N) is 1. The van der Waals surface area contributed by atoms with E-state index in [-0.39, 0.29) is 34.1 Å². The number of anilines is 1. The molecule has 9 heteroatoms. The standard InChI is InChI=1S/C31H38ClN3O4S/c1-6-24(5)33-31(37)28(7-2)34(20-25-12-10-11-23(4)19-25)30(36)21-35(29-14-9-8-13-27(29)32)40(38,39)26-17-15-22(3)16-18-26/h8-19,24,28H,6-7,20-21H2,1-5H3,(H,33,37)/t24-,28-/m0/s1. The van der Waals surface area contributed by atoms with Gasteiger partial charge in [0, 0.05) is 12.6 Å². The van der Waals surface area contributed by atoms with Gasteiger partial charge in [-0.15, -0.1) is 0 Å². The van der Waals surface area contributed by atoms with E-state index in [9.17, 15) is 18.0 Å². The van der Waals surface area contributed by atoms with Crippen molar-refractivity contribution >= 4 is 39.1 Å². The van der Waals surface area contributed by atoms with Crippen LogP contribution in [0.1, 0.15) is 50.3 Å². The van der Waals surface area contributed by atoms with Gasteiger partial charge in [-0.25, -0.2) is 8.42 Å². The largest absolute Gasteiger partial charge is 0.352 e. The Kier molecular flexibility index (Phi) is 10.8. The van der Waals surface area contributed by atoms with Gasteiger partial charge >= 0.3 is 0 Å². The zero-order valence-corrected chi connectivity index (χ0v) is 25.3. The van der Waals surface area contributed by atoms with Crippen LogP contribution in [0.25, 0.3) is 0 Å². The van der Waals surface area contributed by atoms with Crippen LogP contribution in [0.15, 0.2) is 77.7 Å². The molecule has 0 aliphatic rings. The second-order valence-electron chi connectivity index (χ2n) is 10.0. The van der Waals surface area contributed by atoms with Crippen LogP contribution in [-0.4, -0.2) is 43.8 Å². The van der Waals surface area contributed by atoms with Gasteiger partial charge in [0.15, 0.2) is 0 Å². The number of hydrogen-bond acceptors (Lipinski definition) is 4. The number of nitrogens with zero attached hydrogens (tertiary/aromatic N) is 2. The van der Waals surface area contributed by atoms with Crippen molar-refractivity contribution in [2.24, 2.45) is 0 Å². The summed E-state index contributed by atoms with van der Waals surface area (Å²) in [5.74, 6) is -0.785. The van der Waals surface area contributed by atoms with Crippen molar-refractivity contribution in [3.63, 3.8) is 0 Å². The first kappa shape index (κ1) is 31.2. The van der Waals surface area contributed by atoms with Crippen molar-refractivity contribution < 1.29 is 18.0 Å². The lowest BCUT2D eigenvalue weighted by atomic mass is 10.1. The Balaban J connectivity index is 2.07. The monoisotopic (exact) mass is 583 g/mol. The van der Waals surface area contributed by atoms with Crippen molar-refractivity contribution in [2.45, 2.75) is 71.0 Å². The average molecular weight is 584 g/mol. The van der Waals surface area contributed by atoms with Gasteiger partial charge in [-0.3, -0.25) is 13.9 Å². The number of halogens is 1. The average Bonchev–Trinajstić information content (AvgIpc) is 2.92. The minimum Gasteiger partial charge on any atom is -0.352 e. The minimum absolute atomic E-state index is 0.0395. The molecule has 0 aliphatic carbocycles. The summed E-state index contributed by atoms with van der Waals surface area (Å²) < 4.78 is 28.9. The number of rotatable bonds is 12. The third-order valence-corrected chi connectivity index (χ3v) is 8.92. The second-order valence-corrected chi connectivity index (χ2v) is 12.3. The van der Waals surface area contributed by atoms with Gasteiger partial charge in [0.25, 0.3) is 10.0 Å². The number of hydrogen-bond donors (Lipinski definition) is 1. The summed E-state index contributed by atoms with van der Waals surface area (Å²) in [5.41, 5.74) is 2.95. The normalized spacial score (nSPS) is 12.8. The lowest BCUT2D eigenvalue weighted by Crippen LogP contribution is -2.53. The van der Waals surface area contributed by atoms with Crippen LogP contribution in [0.3, 0.4) is 0 Å². The summed E-state index contributed by atoms with van der Waals surface area (Å²) in [7, 11) is -4.18. The molecule has 0 fully saturated rings. The molecular weight excluding hydrogens is 546 g/mol. The molecule has 0 aromatic heterocycles. The molecule has 0 bridgehead atoms. The van der Waals surface area contributed by atoms with Crippen LogP contribution in [-0.2, 0) is 26.2 Å². The van der Waals surface area contributed by atoms with Gasteiger partial charge in [-0.1, -0.05) is 85.1 Å². The molecule has 2 atom stereocenters. The topological polar surface area (TPSA) is 86.8 Å². The Morgan fingerprint density at radius 1 is 0.900 bits per heavy atom. The third-order valence-electron chi connectivity index (χ3n) is 6.83. The molecule has 3 aromatic rings. The molecule has 214 valence electrons. The maximum absolute atomic E-state index is 14.1. The van der Waals surface area contributed by atoms with E-state index in [4.69, 9.17) is 11.6 Å². The first-order valence-corrected chi connectivity index (χ1v) is 15.3. The van der Waals surface area contributed by atoms with E-state index < -0.39 is 28.5 Å². The fourth-order valence-corrected chi connectivity index (χ4v) is 6.09. The zero-order chi connectivity index (χ0) is 29.4. The van der Waals surface area contributed by atoms with Crippen LogP contribution >= 0.6 is 11.6 Å². The van der Waals surface area contributed by atoms with Crippen LogP contribution in [0.4, 0.5) is 5.69 Å². The number of benzene rings is 3. The number of carbonyl (C=O) groups excluding carboxylic acids is 2. The number of amides is 2. The second kappa shape index (κ2) is 13.8. The zero-order valence-electron chi connectivity index (χ0n) is 23.7. The fraction of sp³-hybridized carbons (Fsp3) is 0.355. The molecule has 2 amide bonds. The maximum Gasteiger partial charge on any atom is 0.264 e. The van der Waals surface area contributed by atoms with Crippen molar-refractivity contribution in [1.29, 1.82) is 0 Å². The van der Waals surface area contributed by atoms with Crippen LogP contribution < -0.4 is 9.62 Å². The maximum atomic E-state index is 14.1. The number of para-hydroxylation sites is 1. The molecule has 1 N–H and O–H groups in total. The molecule has 0 radical (unpaired) electrons. The van der Waals surface area contributed by atoms with Crippen molar-refractivity contribution in [2.75, 3.05) is 10.8 Å². The highest BCUT2D eigenvalue weighted by Crippen LogP contribution is 2.31. The lowest BCUT2D eigenvalue weighted by Gasteiger charge is -2.34. The summed E-state index contributed by atoms with van der Waals surface area (Å²) in [6, 6.07) is 19.8. The molecule has 40 heavy (non-hydrogen) atoms. The van der Waals surface area contributed by atoms with Gasteiger partial charge in [0.1, 0.15) is 12.6 Å². The lowest BCUT2D eigenvalue weighted by molar-refractivity contribution is -0.140. The number of aryl methyl sites for hydroxylation is 2. The molecule has 0 spiro atoms. The van der Waals surface area contributed by atoms with E-state index in [2.05, 4.69) is 5.32 Å². The highest BCUT2D eigenvalue weighted by atomic mass is 35.5. The van der Waals surface area contributed by atoms with Crippen LogP contribution in [0.2, 0.25) is 5.02 Å². The van der Waals surface area contributed by atoms with Crippen molar-refractivity contribution in [3.8, 4) is 0 Å². The van der Waals surface area contributed by atoms with E-state index in [1.807, 2.05) is 58.9 Å². The first-order valence-electron chi connectivity index (χ1n) is 13.5. The Morgan fingerprint density at radius 3 is 2.17 bits per heavy atom. The van der Waals surface area contributed by atoms with Gasteiger partial charge in [0.05, 0.1) is 15.6 Å². The fourth-order valence-electron chi connectivity index (χ4n) is 4.37. The minimum atomic E-state index is -4.18. The van der Waals surface area contributed by atoms with E-state index in [0.29, 0.717) is 6.42 Å². The number of carbonyl (C=O) groups is 2. The summed E-state index contributed by atoms with van der Waals surface area (Å²) in [6.45, 7) is 9.16. The van der Waals surface area contributed by atoms with Gasteiger partial charge < -0.3 is 10.2 Å². The summed E-state index contributed by atoms with van der Waals surface area (Å²) in [5, 5.41) is 3.18. The highest BCUT2D eigenvalue weighted by Gasteiger charge is 2.34. The molecule has 3 rings (SSSR count). The first-order chi connectivity index (χ1) is 19.0. The molecule has 0 aliphatic heterocycles. The van der Waals surface area contributed by atoms with E-state index in [0.717, 1.165) is 27.4 Å². The van der Waals surface area contributed by atoms with Gasteiger partial charge in [-0.05, 0) is 63.4 Å². The number of sulfonamides is 1. The Morgan fingerprint density at radius 2 is 1.57 bits per heavy atom. The van der Waals surface area contributed by atoms with Gasteiger partial charge in [0.2, 0.25) is 11.8 Å².